The topological polar surface area (TPSA) is 8.29 Å². The van der Waals surface area contributed by atoms with Crippen LogP contribution in [0.5, 0.6) is 0 Å². The zero-order chi connectivity index (χ0) is 11.7. The number of hydrogen-bond donors (Lipinski definition) is 0. The summed E-state index contributed by atoms with van der Waals surface area (Å²) in [4.78, 5) is 0. The second kappa shape index (κ2) is 4.22. The summed E-state index contributed by atoms with van der Waals surface area (Å²) in [7, 11) is 0. The molecule has 0 aliphatic rings. The summed E-state index contributed by atoms with van der Waals surface area (Å²) < 4.78 is 4.22. The molecule has 0 saturated carbocycles. The first-order valence-corrected chi connectivity index (χ1v) is 5.90. The molecule has 0 amide bonds. The molecule has 0 aliphatic heterocycles. The molecule has 2 heterocycles. The number of hydrogen-bond acceptors (Lipinski definition) is 0. The zero-order valence-corrected chi connectivity index (χ0v) is 10.0. The number of fused-ring (bicyclic) bond motifs is 1. The van der Waals surface area contributed by atoms with Crippen LogP contribution in [0.4, 0.5) is 0 Å². The minimum absolute atomic E-state index is 0.793. The van der Waals surface area contributed by atoms with Crippen LogP contribution in [0, 0.1) is 0 Å². The number of halogens is 1. The predicted molar refractivity (Wildman–Crippen MR) is 68.1 cm³/mol. The van der Waals surface area contributed by atoms with Gasteiger partial charge >= 0.3 is 0 Å². The number of benzene rings is 1. The molecule has 0 spiro atoms. The van der Waals surface area contributed by atoms with Crippen molar-refractivity contribution in [1.29, 1.82) is 0 Å². The smallest absolute Gasteiger partial charge is 0.193 e. The molecule has 2 aromatic heterocycles. The fourth-order valence-electron chi connectivity index (χ4n) is 1.94. The van der Waals surface area contributed by atoms with Gasteiger partial charge in [0.2, 0.25) is 0 Å². The normalized spacial score (nSPS) is 10.9. The van der Waals surface area contributed by atoms with Gasteiger partial charge in [0.15, 0.2) is 18.9 Å². The van der Waals surface area contributed by atoms with E-state index >= 15 is 0 Å². The Hall–Kier alpha value is -1.80. The molecule has 0 bridgehead atoms. The lowest BCUT2D eigenvalue weighted by Crippen LogP contribution is -2.33. The van der Waals surface area contributed by atoms with Gasteiger partial charge in [-0.1, -0.05) is 29.8 Å². The fourth-order valence-corrected chi connectivity index (χ4v) is 2.14. The second-order valence-corrected chi connectivity index (χ2v) is 4.44. The van der Waals surface area contributed by atoms with Crippen molar-refractivity contribution in [1.82, 2.24) is 4.40 Å². The fraction of sp³-hybridized carbons (Fsp3) is 0.0714. The Balaban J connectivity index is 1.97. The van der Waals surface area contributed by atoms with Crippen LogP contribution in [0.25, 0.3) is 5.52 Å². The molecule has 17 heavy (non-hydrogen) atoms. The standard InChI is InChI=1S/C14H12ClN2/c15-14-6-2-1-4-12(14)10-16-8-9-17-7-3-5-13(17)11-16/h1-9,11H,10H2/q+1. The maximum Gasteiger partial charge on any atom is 0.193 e. The maximum absolute atomic E-state index is 6.15. The highest BCUT2D eigenvalue weighted by atomic mass is 35.5. The Bertz CT molecular complexity index is 658. The van der Waals surface area contributed by atoms with Gasteiger partial charge in [0.1, 0.15) is 5.52 Å². The van der Waals surface area contributed by atoms with Gasteiger partial charge < -0.3 is 4.40 Å². The highest BCUT2D eigenvalue weighted by Crippen LogP contribution is 2.14. The molecule has 0 unspecified atom stereocenters. The Morgan fingerprint density at radius 3 is 2.82 bits per heavy atom. The van der Waals surface area contributed by atoms with Crippen molar-refractivity contribution in [2.24, 2.45) is 0 Å². The molecule has 0 fully saturated rings. The Labute approximate surface area is 105 Å². The summed E-state index contributed by atoms with van der Waals surface area (Å²) >= 11 is 6.15. The summed E-state index contributed by atoms with van der Waals surface area (Å²) in [5.41, 5.74) is 2.31. The van der Waals surface area contributed by atoms with Gasteiger partial charge in [-0.05, 0) is 18.2 Å². The molecule has 0 radical (unpaired) electrons. The van der Waals surface area contributed by atoms with Gasteiger partial charge in [-0.25, -0.2) is 0 Å². The molecule has 1 aromatic carbocycles. The summed E-state index contributed by atoms with van der Waals surface area (Å²) in [6.07, 6.45) is 8.25. The van der Waals surface area contributed by atoms with E-state index < -0.39 is 0 Å². The van der Waals surface area contributed by atoms with E-state index in [1.807, 2.05) is 36.7 Å². The molecule has 3 aromatic rings. The van der Waals surface area contributed by atoms with Crippen LogP contribution < -0.4 is 4.57 Å². The van der Waals surface area contributed by atoms with Gasteiger partial charge in [-0.15, -0.1) is 0 Å². The number of aromatic nitrogens is 2. The molecule has 0 atom stereocenters. The first kappa shape index (κ1) is 10.4. The molecule has 2 nitrogen and oxygen atoms in total. The van der Waals surface area contributed by atoms with Crippen molar-refractivity contribution >= 4 is 17.1 Å². The lowest BCUT2D eigenvalue weighted by Gasteiger charge is -2.01. The van der Waals surface area contributed by atoms with Crippen LogP contribution in [0.3, 0.4) is 0 Å². The van der Waals surface area contributed by atoms with Gasteiger partial charge in [0.25, 0.3) is 0 Å². The van der Waals surface area contributed by atoms with Crippen molar-refractivity contribution in [3.8, 4) is 0 Å². The maximum atomic E-state index is 6.15. The van der Waals surface area contributed by atoms with Crippen LogP contribution in [-0.4, -0.2) is 4.40 Å². The largest absolute Gasteiger partial charge is 0.313 e. The van der Waals surface area contributed by atoms with E-state index in [-0.39, 0.29) is 0 Å². The summed E-state index contributed by atoms with van der Waals surface area (Å²) in [5.74, 6) is 0. The average Bonchev–Trinajstić information content (AvgIpc) is 2.79. The average molecular weight is 244 g/mol. The van der Waals surface area contributed by atoms with Gasteiger partial charge in [0.05, 0.1) is 11.2 Å². The third-order valence-corrected chi connectivity index (χ3v) is 3.21. The van der Waals surface area contributed by atoms with E-state index in [1.54, 1.807) is 0 Å². The number of rotatable bonds is 2. The van der Waals surface area contributed by atoms with Crippen molar-refractivity contribution in [3.05, 3.63) is 71.8 Å². The van der Waals surface area contributed by atoms with E-state index in [2.05, 4.69) is 33.5 Å². The quantitative estimate of drug-likeness (QED) is 0.612. The summed E-state index contributed by atoms with van der Waals surface area (Å²) in [6, 6.07) is 12.1. The highest BCUT2D eigenvalue weighted by Gasteiger charge is 2.07. The van der Waals surface area contributed by atoms with E-state index in [0.717, 1.165) is 17.1 Å². The van der Waals surface area contributed by atoms with Crippen LogP contribution in [0.15, 0.2) is 61.2 Å². The second-order valence-electron chi connectivity index (χ2n) is 4.03. The van der Waals surface area contributed by atoms with Crippen molar-refractivity contribution in [3.63, 3.8) is 0 Å². The monoisotopic (exact) mass is 243 g/mol. The predicted octanol–water partition coefficient (Wildman–Crippen LogP) is 2.93. The molecule has 3 heteroatoms. The molecule has 3 rings (SSSR count). The molecular formula is C14H12ClN2+. The zero-order valence-electron chi connectivity index (χ0n) is 9.25. The Morgan fingerprint density at radius 1 is 1.06 bits per heavy atom. The van der Waals surface area contributed by atoms with Crippen LogP contribution in [0.2, 0.25) is 5.02 Å². The molecule has 0 saturated heterocycles. The van der Waals surface area contributed by atoms with E-state index in [9.17, 15) is 0 Å². The van der Waals surface area contributed by atoms with Crippen LogP contribution in [0.1, 0.15) is 5.56 Å². The molecule has 0 aliphatic carbocycles. The van der Waals surface area contributed by atoms with Gasteiger partial charge in [0, 0.05) is 11.8 Å². The van der Waals surface area contributed by atoms with Crippen LogP contribution >= 0.6 is 11.6 Å². The first-order valence-electron chi connectivity index (χ1n) is 5.52. The number of nitrogens with zero attached hydrogens (tertiary/aromatic N) is 2. The van der Waals surface area contributed by atoms with Crippen LogP contribution in [-0.2, 0) is 6.54 Å². The Kier molecular flexibility index (Phi) is 2.57. The van der Waals surface area contributed by atoms with Crippen molar-refractivity contribution in [2.75, 3.05) is 0 Å². The van der Waals surface area contributed by atoms with E-state index in [4.69, 9.17) is 11.6 Å². The highest BCUT2D eigenvalue weighted by molar-refractivity contribution is 6.31. The summed E-state index contributed by atoms with van der Waals surface area (Å²) in [5, 5.41) is 0.815. The minimum Gasteiger partial charge on any atom is -0.313 e. The first-order chi connectivity index (χ1) is 8.33. The SMILES string of the molecule is Clc1ccccc1C[n+]1ccn2cccc2c1. The summed E-state index contributed by atoms with van der Waals surface area (Å²) in [6.45, 7) is 0.793. The third kappa shape index (κ3) is 2.04. The van der Waals surface area contributed by atoms with Crippen molar-refractivity contribution in [2.45, 2.75) is 6.54 Å². The lowest BCUT2D eigenvalue weighted by molar-refractivity contribution is -0.687. The van der Waals surface area contributed by atoms with Crippen molar-refractivity contribution < 1.29 is 4.57 Å². The van der Waals surface area contributed by atoms with Gasteiger partial charge in [-0.2, -0.15) is 4.57 Å². The molecule has 0 N–H and O–H groups in total. The third-order valence-electron chi connectivity index (χ3n) is 2.84. The van der Waals surface area contributed by atoms with E-state index in [0.29, 0.717) is 0 Å². The minimum atomic E-state index is 0.793. The molecular weight excluding hydrogens is 232 g/mol. The molecule has 84 valence electrons. The van der Waals surface area contributed by atoms with Gasteiger partial charge in [-0.3, -0.25) is 0 Å². The lowest BCUT2D eigenvalue weighted by atomic mass is 10.2. The van der Waals surface area contributed by atoms with E-state index in [1.165, 1.54) is 5.52 Å². The Morgan fingerprint density at radius 2 is 1.94 bits per heavy atom.